The molecule has 2 aliphatic rings. The molecule has 146 valence electrons. The van der Waals surface area contributed by atoms with Gasteiger partial charge in [0.15, 0.2) is 0 Å². The van der Waals surface area contributed by atoms with Crippen LogP contribution in [0.25, 0.3) is 10.8 Å². The van der Waals surface area contributed by atoms with Crippen LogP contribution >= 0.6 is 0 Å². The molecular formula is C20H18F3N3O2. The van der Waals surface area contributed by atoms with Crippen LogP contribution in [0.5, 0.6) is 0 Å². The fraction of sp³-hybridized carbons (Fsp3) is 0.300. The van der Waals surface area contributed by atoms with Crippen molar-refractivity contribution in [1.29, 1.82) is 0 Å². The largest absolute Gasteiger partial charge is 0.613 e. The van der Waals surface area contributed by atoms with Gasteiger partial charge in [-0.1, -0.05) is 48.0 Å². The minimum absolute atomic E-state index is 0.0640. The molecule has 2 unspecified atom stereocenters. The van der Waals surface area contributed by atoms with E-state index in [1.165, 1.54) is 0 Å². The highest BCUT2D eigenvalue weighted by molar-refractivity contribution is 5.89. The number of benzene rings is 2. The molecule has 2 aromatic rings. The highest BCUT2D eigenvalue weighted by Crippen LogP contribution is 2.33. The van der Waals surface area contributed by atoms with E-state index in [0.717, 1.165) is 27.2 Å². The average molecular weight is 389 g/mol. The Balaban J connectivity index is 1.77. The zero-order valence-corrected chi connectivity index (χ0v) is 15.0. The molecule has 4 rings (SSSR count). The van der Waals surface area contributed by atoms with Crippen LogP contribution in [0.2, 0.25) is 0 Å². The molecule has 0 spiro atoms. The molecular weight excluding hydrogens is 371 g/mol. The van der Waals surface area contributed by atoms with Crippen molar-refractivity contribution in [3.8, 4) is 0 Å². The highest BCUT2D eigenvalue weighted by Gasteiger charge is 2.53. The van der Waals surface area contributed by atoms with Gasteiger partial charge in [0.2, 0.25) is 0 Å². The van der Waals surface area contributed by atoms with Crippen molar-refractivity contribution in [2.24, 2.45) is 5.10 Å². The molecule has 0 saturated heterocycles. The lowest BCUT2D eigenvalue weighted by molar-refractivity contribution is -0.574. The summed E-state index contributed by atoms with van der Waals surface area (Å²) >= 11 is 0. The van der Waals surface area contributed by atoms with E-state index in [9.17, 15) is 18.3 Å². The van der Waals surface area contributed by atoms with E-state index in [2.05, 4.69) is 10.4 Å². The summed E-state index contributed by atoms with van der Waals surface area (Å²) in [6, 6.07) is 12.6. The van der Waals surface area contributed by atoms with E-state index in [-0.39, 0.29) is 18.6 Å². The molecule has 2 heterocycles. The lowest BCUT2D eigenvalue weighted by Crippen LogP contribution is -2.51. The Bertz CT molecular complexity index is 1010. The standard InChI is InChI=1S/C20H18F3N3O2/c1-2-28-19(27)15-11-24-26-17(20(21,22)23)10-16(25-18(15)26)14-8-7-12-5-3-4-6-13(12)9-14/h3-9,11,16,18,25H,2,10H2,1H3. The Morgan fingerprint density at radius 2 is 2.00 bits per heavy atom. The Morgan fingerprint density at radius 3 is 2.71 bits per heavy atom. The van der Waals surface area contributed by atoms with Crippen molar-refractivity contribution in [3.05, 3.63) is 59.5 Å². The second kappa shape index (κ2) is 6.94. The zero-order valence-electron chi connectivity index (χ0n) is 15.0. The summed E-state index contributed by atoms with van der Waals surface area (Å²) in [5, 5.41) is 21.1. The summed E-state index contributed by atoms with van der Waals surface area (Å²) in [6.07, 6.45) is -4.71. The van der Waals surface area contributed by atoms with Crippen LogP contribution in [-0.2, 0) is 4.74 Å². The Kier molecular flexibility index (Phi) is 4.58. The average Bonchev–Trinajstić information content (AvgIpc) is 3.10. The van der Waals surface area contributed by atoms with Gasteiger partial charge in [0.25, 0.3) is 11.9 Å². The maximum Gasteiger partial charge on any atom is 0.475 e. The summed E-state index contributed by atoms with van der Waals surface area (Å²) in [7, 11) is 0. The molecule has 2 aromatic carbocycles. The van der Waals surface area contributed by atoms with Gasteiger partial charge in [-0.3, -0.25) is 0 Å². The van der Waals surface area contributed by atoms with Crippen LogP contribution in [0, 0.1) is 0 Å². The number of hydrogen-bond donors (Lipinski definition) is 1. The summed E-state index contributed by atoms with van der Waals surface area (Å²) in [6.45, 7) is 1.77. The Morgan fingerprint density at radius 1 is 1.25 bits per heavy atom. The maximum atomic E-state index is 13.7. The molecule has 0 radical (unpaired) electrons. The predicted molar refractivity (Wildman–Crippen MR) is 96.7 cm³/mol. The smallest absolute Gasteiger partial charge is 0.475 e. The fourth-order valence-electron chi connectivity index (χ4n) is 3.58. The molecule has 2 aliphatic heterocycles. The van der Waals surface area contributed by atoms with Crippen molar-refractivity contribution < 1.29 is 27.7 Å². The quantitative estimate of drug-likeness (QED) is 0.649. The van der Waals surface area contributed by atoms with E-state index in [0.29, 0.717) is 0 Å². The molecule has 0 aliphatic carbocycles. The number of nitrogens with one attached hydrogen (secondary N) is 1. The lowest BCUT2D eigenvalue weighted by atomic mass is 9.95. The highest BCUT2D eigenvalue weighted by atomic mass is 19.4. The van der Waals surface area contributed by atoms with E-state index < -0.39 is 30.0 Å². The third-order valence-corrected chi connectivity index (χ3v) is 4.91. The predicted octanol–water partition coefficient (Wildman–Crippen LogP) is 2.82. The number of hydrogen-bond acceptors (Lipinski definition) is 4. The molecule has 8 heteroatoms. The second-order valence-corrected chi connectivity index (χ2v) is 6.64. The monoisotopic (exact) mass is 389 g/mol. The Labute approximate surface area is 159 Å². The van der Waals surface area contributed by atoms with Crippen molar-refractivity contribution in [3.63, 3.8) is 0 Å². The van der Waals surface area contributed by atoms with Crippen LogP contribution in [0.15, 0.2) is 59.1 Å². The number of halogens is 3. The first kappa shape index (κ1) is 18.5. The first-order valence-corrected chi connectivity index (χ1v) is 8.93. The molecule has 1 N–H and O–H groups in total. The van der Waals surface area contributed by atoms with Gasteiger partial charge in [-0.2, -0.15) is 13.2 Å². The lowest BCUT2D eigenvalue weighted by Gasteiger charge is -2.28. The van der Waals surface area contributed by atoms with Crippen LogP contribution in [0.3, 0.4) is 0 Å². The summed E-state index contributed by atoms with van der Waals surface area (Å²) in [5.41, 5.74) is -0.00532. The summed E-state index contributed by atoms with van der Waals surface area (Å²) in [5.74, 6) is -0.674. The number of hydrazone groups is 1. The molecule has 2 atom stereocenters. The molecule has 28 heavy (non-hydrogen) atoms. The van der Waals surface area contributed by atoms with Gasteiger partial charge in [-0.15, -0.1) is 0 Å². The van der Waals surface area contributed by atoms with E-state index in [1.807, 2.05) is 42.5 Å². The van der Waals surface area contributed by atoms with Gasteiger partial charge in [-0.05, 0) is 34.1 Å². The number of alkyl halides is 3. The SMILES string of the molecule is CCOC([O-])=C1C=N[N+]2=C(C(F)(F)F)CC(c3ccc4ccccc4c3)NC12. The maximum absolute atomic E-state index is 13.7. The van der Waals surface area contributed by atoms with Crippen LogP contribution in [0.1, 0.15) is 24.9 Å². The molecule has 5 nitrogen and oxygen atoms in total. The topological polar surface area (TPSA) is 59.7 Å². The third kappa shape index (κ3) is 3.24. The molecule has 0 bridgehead atoms. The van der Waals surface area contributed by atoms with Gasteiger partial charge in [0, 0.05) is 6.04 Å². The molecule has 0 aromatic heterocycles. The number of fused-ring (bicyclic) bond motifs is 2. The number of rotatable bonds is 3. The molecule has 0 fully saturated rings. The number of ether oxygens (including phenoxy) is 1. The first-order chi connectivity index (χ1) is 13.4. The van der Waals surface area contributed by atoms with Crippen molar-refractivity contribution in [2.75, 3.05) is 6.61 Å². The van der Waals surface area contributed by atoms with E-state index >= 15 is 0 Å². The molecule has 0 amide bonds. The Hall–Kier alpha value is -2.87. The van der Waals surface area contributed by atoms with Crippen molar-refractivity contribution in [1.82, 2.24) is 5.32 Å². The zero-order chi connectivity index (χ0) is 19.9. The van der Waals surface area contributed by atoms with Crippen LogP contribution < -0.4 is 10.4 Å². The summed E-state index contributed by atoms with van der Waals surface area (Å²) in [4.78, 5) is 0. The van der Waals surface area contributed by atoms with Crippen LogP contribution in [-0.4, -0.2) is 35.6 Å². The number of nitrogens with zero attached hydrogens (tertiary/aromatic N) is 2. The first-order valence-electron chi connectivity index (χ1n) is 8.93. The van der Waals surface area contributed by atoms with Gasteiger partial charge < -0.3 is 9.84 Å². The van der Waals surface area contributed by atoms with Crippen molar-refractivity contribution in [2.45, 2.75) is 31.7 Å². The second-order valence-electron chi connectivity index (χ2n) is 6.64. The van der Waals surface area contributed by atoms with Gasteiger partial charge in [-0.25, -0.2) is 5.32 Å². The minimum Gasteiger partial charge on any atom is -0.613 e. The van der Waals surface area contributed by atoms with Crippen molar-refractivity contribution >= 4 is 22.7 Å². The normalized spacial score (nSPS) is 23.9. The summed E-state index contributed by atoms with van der Waals surface area (Å²) < 4.78 is 46.9. The van der Waals surface area contributed by atoms with Crippen LogP contribution in [0.4, 0.5) is 13.2 Å². The van der Waals surface area contributed by atoms with Gasteiger partial charge in [0.1, 0.15) is 6.21 Å². The van der Waals surface area contributed by atoms with E-state index in [4.69, 9.17) is 4.74 Å². The fourth-order valence-corrected chi connectivity index (χ4v) is 3.58. The molecule has 0 saturated carbocycles. The minimum atomic E-state index is -4.56. The van der Waals surface area contributed by atoms with Gasteiger partial charge >= 0.3 is 6.18 Å². The van der Waals surface area contributed by atoms with E-state index in [1.54, 1.807) is 6.92 Å². The van der Waals surface area contributed by atoms with Gasteiger partial charge in [0.05, 0.1) is 17.9 Å². The third-order valence-electron chi connectivity index (χ3n) is 4.91.